The summed E-state index contributed by atoms with van der Waals surface area (Å²) in [6.07, 6.45) is 8.11. The molecule has 1 N–H and O–H groups in total. The van der Waals surface area contributed by atoms with E-state index in [-0.39, 0.29) is 0 Å². The molecule has 6 rings (SSSR count). The van der Waals surface area contributed by atoms with E-state index in [2.05, 4.69) is 73.6 Å². The number of fused-ring (bicyclic) bond motifs is 1. The third-order valence-electron chi connectivity index (χ3n) is 6.54. The fourth-order valence-electron chi connectivity index (χ4n) is 4.64. The Labute approximate surface area is 186 Å². The lowest BCUT2D eigenvalue weighted by Crippen LogP contribution is -2.28. The van der Waals surface area contributed by atoms with Crippen LogP contribution in [0.3, 0.4) is 0 Å². The van der Waals surface area contributed by atoms with Crippen LogP contribution in [-0.2, 0) is 11.2 Å². The molecule has 3 aromatic heterocycles. The average Bonchev–Trinajstić information content (AvgIpc) is 3.46. The molecule has 2 fully saturated rings. The lowest BCUT2D eigenvalue weighted by atomic mass is 10.1. The van der Waals surface area contributed by atoms with Crippen molar-refractivity contribution in [2.75, 3.05) is 18.5 Å². The van der Waals surface area contributed by atoms with Gasteiger partial charge in [-0.05, 0) is 55.4 Å². The topological polar surface area (TPSA) is 77.2 Å². The monoisotopic (exact) mass is 426 g/mol. The van der Waals surface area contributed by atoms with E-state index < -0.39 is 0 Å². The quantitative estimate of drug-likeness (QED) is 0.500. The van der Waals surface area contributed by atoms with Gasteiger partial charge in [0, 0.05) is 43.1 Å². The van der Waals surface area contributed by atoms with Crippen LogP contribution in [0.25, 0.3) is 16.9 Å². The molecule has 0 amide bonds. The zero-order chi connectivity index (χ0) is 21.3. The molecule has 2 atom stereocenters. The van der Waals surface area contributed by atoms with Gasteiger partial charge in [0.05, 0.1) is 5.69 Å². The molecule has 1 saturated carbocycles. The van der Waals surface area contributed by atoms with Gasteiger partial charge in [0.2, 0.25) is 5.95 Å². The number of rotatable bonds is 6. The Bertz CT molecular complexity index is 1220. The van der Waals surface area contributed by atoms with Gasteiger partial charge in [-0.2, -0.15) is 0 Å². The molecule has 7 nitrogen and oxygen atoms in total. The van der Waals surface area contributed by atoms with Crippen LogP contribution in [0, 0.1) is 5.92 Å². The molecule has 1 aromatic carbocycles. The molecule has 0 spiro atoms. The summed E-state index contributed by atoms with van der Waals surface area (Å²) in [5.74, 6) is 2.85. The van der Waals surface area contributed by atoms with Gasteiger partial charge < -0.3 is 10.1 Å². The van der Waals surface area contributed by atoms with E-state index in [1.54, 1.807) is 0 Å². The van der Waals surface area contributed by atoms with Gasteiger partial charge in [-0.15, -0.1) is 10.2 Å². The Kier molecular flexibility index (Phi) is 5.03. The number of aromatic nitrogens is 5. The number of benzene rings is 1. The first-order chi connectivity index (χ1) is 15.8. The summed E-state index contributed by atoms with van der Waals surface area (Å²) in [6.45, 7) is 1.58. The standard InChI is InChI=1S/C25H26N6O/c1-2-4-17(5-3-1)14-19-15-21(19)24-30-29-23-16-18(7-11-31(23)24)22-6-10-26-25(28-22)27-20-8-12-32-13-9-20/h1-7,10-11,16,19-21H,8-9,12-15H2,(H,26,27,28)/t19-,21+/m0/s1. The fourth-order valence-corrected chi connectivity index (χ4v) is 4.64. The molecule has 162 valence electrons. The minimum absolute atomic E-state index is 0.364. The highest BCUT2D eigenvalue weighted by atomic mass is 16.5. The SMILES string of the molecule is c1ccc(C[C@H]2C[C@H]2c2nnc3cc(-c4ccnc(NC5CCOCC5)n4)ccn23)cc1. The molecule has 1 aliphatic carbocycles. The van der Waals surface area contributed by atoms with Crippen LogP contribution in [0.1, 0.15) is 36.6 Å². The lowest BCUT2D eigenvalue weighted by molar-refractivity contribution is 0.0903. The average molecular weight is 427 g/mol. The molecular formula is C25H26N6O. The van der Waals surface area contributed by atoms with Crippen molar-refractivity contribution in [1.82, 2.24) is 24.6 Å². The first-order valence-corrected chi connectivity index (χ1v) is 11.4. The largest absolute Gasteiger partial charge is 0.381 e. The molecule has 4 heterocycles. The van der Waals surface area contributed by atoms with E-state index in [0.29, 0.717) is 23.8 Å². The van der Waals surface area contributed by atoms with Crippen molar-refractivity contribution in [3.63, 3.8) is 0 Å². The molecular weight excluding hydrogens is 400 g/mol. The Balaban J connectivity index is 1.19. The molecule has 7 heteroatoms. The van der Waals surface area contributed by atoms with Crippen molar-refractivity contribution in [2.45, 2.75) is 37.6 Å². The van der Waals surface area contributed by atoms with E-state index in [0.717, 1.165) is 55.2 Å². The van der Waals surface area contributed by atoms with Gasteiger partial charge in [-0.1, -0.05) is 30.3 Å². The van der Waals surface area contributed by atoms with Crippen LogP contribution in [0.5, 0.6) is 0 Å². The predicted octanol–water partition coefficient (Wildman–Crippen LogP) is 4.12. The Morgan fingerprint density at radius 2 is 1.91 bits per heavy atom. The number of ether oxygens (including phenoxy) is 1. The van der Waals surface area contributed by atoms with Crippen molar-refractivity contribution in [2.24, 2.45) is 5.92 Å². The van der Waals surface area contributed by atoms with Crippen LogP contribution in [0.4, 0.5) is 5.95 Å². The van der Waals surface area contributed by atoms with E-state index in [4.69, 9.17) is 9.72 Å². The summed E-state index contributed by atoms with van der Waals surface area (Å²) in [6, 6.07) is 17.2. The minimum Gasteiger partial charge on any atom is -0.381 e. The molecule has 0 bridgehead atoms. The van der Waals surface area contributed by atoms with Gasteiger partial charge in [-0.3, -0.25) is 4.40 Å². The maximum Gasteiger partial charge on any atom is 0.223 e. The summed E-state index contributed by atoms with van der Waals surface area (Å²) in [5.41, 5.74) is 4.16. The third-order valence-corrected chi connectivity index (χ3v) is 6.54. The maximum atomic E-state index is 5.43. The normalized spacial score (nSPS) is 21.0. The number of anilines is 1. The molecule has 32 heavy (non-hydrogen) atoms. The van der Waals surface area contributed by atoms with E-state index in [9.17, 15) is 0 Å². The Morgan fingerprint density at radius 1 is 1.03 bits per heavy atom. The van der Waals surface area contributed by atoms with Crippen molar-refractivity contribution in [1.29, 1.82) is 0 Å². The highest BCUT2D eigenvalue weighted by molar-refractivity contribution is 5.64. The number of nitrogens with zero attached hydrogens (tertiary/aromatic N) is 5. The summed E-state index contributed by atoms with van der Waals surface area (Å²) in [5, 5.41) is 12.4. The van der Waals surface area contributed by atoms with E-state index >= 15 is 0 Å². The van der Waals surface area contributed by atoms with Crippen LogP contribution in [0.2, 0.25) is 0 Å². The molecule has 1 aliphatic heterocycles. The molecule has 0 radical (unpaired) electrons. The second-order valence-electron chi connectivity index (χ2n) is 8.79. The van der Waals surface area contributed by atoms with Crippen molar-refractivity contribution in [3.05, 3.63) is 72.3 Å². The van der Waals surface area contributed by atoms with Gasteiger partial charge >= 0.3 is 0 Å². The maximum absolute atomic E-state index is 5.43. The van der Waals surface area contributed by atoms with Gasteiger partial charge in [-0.25, -0.2) is 9.97 Å². The second-order valence-corrected chi connectivity index (χ2v) is 8.79. The first-order valence-electron chi connectivity index (χ1n) is 11.4. The zero-order valence-corrected chi connectivity index (χ0v) is 17.9. The Morgan fingerprint density at radius 3 is 2.78 bits per heavy atom. The van der Waals surface area contributed by atoms with Gasteiger partial charge in [0.25, 0.3) is 0 Å². The highest BCUT2D eigenvalue weighted by Crippen LogP contribution is 2.48. The van der Waals surface area contributed by atoms with Gasteiger partial charge in [0.15, 0.2) is 5.65 Å². The predicted molar refractivity (Wildman–Crippen MR) is 122 cm³/mol. The van der Waals surface area contributed by atoms with Crippen LogP contribution < -0.4 is 5.32 Å². The fraction of sp³-hybridized carbons (Fsp3) is 0.360. The zero-order valence-electron chi connectivity index (χ0n) is 17.9. The van der Waals surface area contributed by atoms with Crippen molar-refractivity contribution in [3.8, 4) is 11.3 Å². The molecule has 0 unspecified atom stereocenters. The first kappa shape index (κ1) is 19.4. The molecule has 2 aliphatic rings. The number of hydrogen-bond donors (Lipinski definition) is 1. The van der Waals surface area contributed by atoms with Crippen LogP contribution in [0.15, 0.2) is 60.9 Å². The van der Waals surface area contributed by atoms with Crippen LogP contribution in [-0.4, -0.2) is 43.8 Å². The van der Waals surface area contributed by atoms with Crippen molar-refractivity contribution >= 4 is 11.6 Å². The summed E-state index contributed by atoms with van der Waals surface area (Å²) in [4.78, 5) is 9.14. The van der Waals surface area contributed by atoms with E-state index in [1.807, 2.05) is 12.3 Å². The summed E-state index contributed by atoms with van der Waals surface area (Å²) < 4.78 is 7.56. The summed E-state index contributed by atoms with van der Waals surface area (Å²) in [7, 11) is 0. The Hall–Kier alpha value is -3.32. The second kappa shape index (κ2) is 8.31. The number of hydrogen-bond acceptors (Lipinski definition) is 6. The van der Waals surface area contributed by atoms with Crippen molar-refractivity contribution < 1.29 is 4.74 Å². The van der Waals surface area contributed by atoms with Crippen LogP contribution >= 0.6 is 0 Å². The number of nitrogens with one attached hydrogen (secondary N) is 1. The number of pyridine rings is 1. The minimum atomic E-state index is 0.364. The van der Waals surface area contributed by atoms with E-state index in [1.165, 1.54) is 12.0 Å². The van der Waals surface area contributed by atoms with Gasteiger partial charge in [0.1, 0.15) is 5.82 Å². The highest BCUT2D eigenvalue weighted by Gasteiger charge is 2.41. The summed E-state index contributed by atoms with van der Waals surface area (Å²) >= 11 is 0. The molecule has 1 saturated heterocycles. The molecule has 4 aromatic rings. The lowest BCUT2D eigenvalue weighted by Gasteiger charge is -2.23. The smallest absolute Gasteiger partial charge is 0.223 e. The third kappa shape index (κ3) is 3.96.